The largest absolute Gasteiger partial charge is 0.497 e. The smallest absolute Gasteiger partial charge is 0.318 e. The van der Waals surface area contributed by atoms with E-state index in [4.69, 9.17) is 4.74 Å². The third kappa shape index (κ3) is 6.92. The normalized spacial score (nSPS) is 18.0. The lowest BCUT2D eigenvalue weighted by atomic mass is 9.88. The number of hydrogen-bond acceptors (Lipinski definition) is 4. The predicted octanol–water partition coefficient (Wildman–Crippen LogP) is 4.38. The average Bonchev–Trinajstić information content (AvgIpc) is 3.17. The van der Waals surface area contributed by atoms with Gasteiger partial charge in [0.2, 0.25) is 5.91 Å². The van der Waals surface area contributed by atoms with Crippen molar-refractivity contribution in [3.8, 4) is 5.75 Å². The molecule has 7 nitrogen and oxygen atoms in total. The molecule has 36 heavy (non-hydrogen) atoms. The highest BCUT2D eigenvalue weighted by atomic mass is 35.5. The van der Waals surface area contributed by atoms with E-state index in [-0.39, 0.29) is 41.8 Å². The van der Waals surface area contributed by atoms with Crippen LogP contribution < -0.4 is 15.4 Å². The van der Waals surface area contributed by atoms with Crippen LogP contribution in [0.25, 0.3) is 0 Å². The summed E-state index contributed by atoms with van der Waals surface area (Å²) in [5.41, 5.74) is 2.10. The van der Waals surface area contributed by atoms with Crippen molar-refractivity contribution >= 4 is 24.3 Å². The minimum Gasteiger partial charge on any atom is -0.497 e. The first kappa shape index (κ1) is 27.8. The Morgan fingerprint density at radius 2 is 1.75 bits per heavy atom. The minimum absolute atomic E-state index is 0. The van der Waals surface area contributed by atoms with E-state index in [2.05, 4.69) is 27.7 Å². The topological polar surface area (TPSA) is 73.9 Å². The molecule has 0 saturated carbocycles. The highest BCUT2D eigenvalue weighted by Crippen LogP contribution is 2.30. The molecule has 0 radical (unpaired) electrons. The lowest BCUT2D eigenvalue weighted by molar-refractivity contribution is -0.124. The van der Waals surface area contributed by atoms with Crippen LogP contribution in [0.4, 0.5) is 4.79 Å². The van der Waals surface area contributed by atoms with Crippen molar-refractivity contribution < 1.29 is 14.3 Å². The molecule has 1 spiro atoms. The van der Waals surface area contributed by atoms with Crippen LogP contribution in [0.2, 0.25) is 0 Å². The molecule has 2 saturated heterocycles. The first-order chi connectivity index (χ1) is 16.9. The fourth-order valence-corrected chi connectivity index (χ4v) is 5.01. The van der Waals surface area contributed by atoms with Crippen molar-refractivity contribution in [3.05, 3.63) is 65.7 Å². The molecule has 1 atom stereocenters. The van der Waals surface area contributed by atoms with E-state index < -0.39 is 0 Å². The second kappa shape index (κ2) is 12.5. The van der Waals surface area contributed by atoms with Gasteiger partial charge in [-0.05, 0) is 42.5 Å². The lowest BCUT2D eigenvalue weighted by Gasteiger charge is -2.39. The quantitative estimate of drug-likeness (QED) is 0.521. The van der Waals surface area contributed by atoms with Gasteiger partial charge in [-0.15, -0.1) is 12.4 Å². The van der Waals surface area contributed by atoms with Crippen molar-refractivity contribution in [1.29, 1.82) is 0 Å². The van der Waals surface area contributed by atoms with Gasteiger partial charge in [-0.1, -0.05) is 56.3 Å². The van der Waals surface area contributed by atoms with Gasteiger partial charge in [0, 0.05) is 38.6 Å². The molecule has 2 N–H and O–H groups in total. The van der Waals surface area contributed by atoms with E-state index in [0.717, 1.165) is 62.3 Å². The summed E-state index contributed by atoms with van der Waals surface area (Å²) in [4.78, 5) is 29.5. The second-order valence-electron chi connectivity index (χ2n) is 10.2. The Bertz CT molecular complexity index is 992. The third-order valence-electron chi connectivity index (χ3n) is 7.28. The summed E-state index contributed by atoms with van der Waals surface area (Å²) in [6, 6.07) is 18.1. The number of halogens is 1. The zero-order chi connectivity index (χ0) is 24.8. The summed E-state index contributed by atoms with van der Waals surface area (Å²) in [5, 5.41) is 6.52. The van der Waals surface area contributed by atoms with Crippen molar-refractivity contribution in [3.63, 3.8) is 0 Å². The standard InChI is InChI=1S/C28H38N4O3.ClH/c1-21(2)26(33)29-25(23-7-5-4-6-8-23)13-16-31-17-14-28(15-18-31)20-32(27(34)30-28)19-22-9-11-24(35-3)12-10-22;/h4-12,21,25H,13-20H2,1-3H3,(H,29,33)(H,30,34);1H/t25-;/m0./s1. The third-order valence-corrected chi connectivity index (χ3v) is 7.28. The number of rotatable bonds is 9. The Labute approximate surface area is 221 Å². The molecule has 2 aliphatic heterocycles. The maximum Gasteiger partial charge on any atom is 0.318 e. The van der Waals surface area contributed by atoms with E-state index in [1.54, 1.807) is 7.11 Å². The molecule has 196 valence electrons. The summed E-state index contributed by atoms with van der Waals surface area (Å²) >= 11 is 0. The van der Waals surface area contributed by atoms with Gasteiger partial charge >= 0.3 is 6.03 Å². The summed E-state index contributed by atoms with van der Waals surface area (Å²) in [6.45, 7) is 7.99. The van der Waals surface area contributed by atoms with Crippen LogP contribution in [0.1, 0.15) is 50.3 Å². The highest BCUT2D eigenvalue weighted by molar-refractivity contribution is 5.85. The van der Waals surface area contributed by atoms with Crippen LogP contribution in [0, 0.1) is 5.92 Å². The molecule has 0 unspecified atom stereocenters. The van der Waals surface area contributed by atoms with Gasteiger partial charge in [-0.2, -0.15) is 0 Å². The monoisotopic (exact) mass is 514 g/mol. The number of urea groups is 1. The number of piperidine rings is 1. The summed E-state index contributed by atoms with van der Waals surface area (Å²) in [7, 11) is 1.66. The van der Waals surface area contributed by atoms with E-state index in [9.17, 15) is 9.59 Å². The molecule has 4 rings (SSSR count). The van der Waals surface area contributed by atoms with Gasteiger partial charge < -0.3 is 25.2 Å². The molecule has 0 bridgehead atoms. The number of likely N-dealkylation sites (tertiary alicyclic amines) is 1. The molecular formula is C28H39ClN4O3. The number of carbonyl (C=O) groups is 2. The van der Waals surface area contributed by atoms with E-state index in [1.165, 1.54) is 0 Å². The molecular weight excluding hydrogens is 476 g/mol. The van der Waals surface area contributed by atoms with Gasteiger partial charge in [0.25, 0.3) is 0 Å². The van der Waals surface area contributed by atoms with Gasteiger partial charge in [-0.25, -0.2) is 4.79 Å². The molecule has 2 fully saturated rings. The Balaban J connectivity index is 0.00000361. The van der Waals surface area contributed by atoms with Gasteiger partial charge in [0.1, 0.15) is 5.75 Å². The van der Waals surface area contributed by atoms with Crippen LogP contribution in [0.3, 0.4) is 0 Å². The molecule has 3 amide bonds. The first-order valence-electron chi connectivity index (χ1n) is 12.7. The predicted molar refractivity (Wildman–Crippen MR) is 144 cm³/mol. The number of nitrogens with zero attached hydrogens (tertiary/aromatic N) is 2. The van der Waals surface area contributed by atoms with Crippen LogP contribution in [0.15, 0.2) is 54.6 Å². The van der Waals surface area contributed by atoms with Crippen molar-refractivity contribution in [2.45, 2.75) is 51.2 Å². The number of methoxy groups -OCH3 is 1. The van der Waals surface area contributed by atoms with Crippen LogP contribution in [-0.4, -0.2) is 60.6 Å². The Hall–Kier alpha value is -2.77. The average molecular weight is 515 g/mol. The minimum atomic E-state index is -0.148. The molecule has 2 heterocycles. The molecule has 0 aliphatic carbocycles. The number of carbonyl (C=O) groups excluding carboxylic acids is 2. The maximum absolute atomic E-state index is 12.7. The van der Waals surface area contributed by atoms with Crippen molar-refractivity contribution in [2.75, 3.05) is 33.3 Å². The second-order valence-corrected chi connectivity index (χ2v) is 10.2. The Kier molecular flexibility index (Phi) is 9.63. The van der Waals surface area contributed by atoms with E-state index in [0.29, 0.717) is 6.54 Å². The summed E-state index contributed by atoms with van der Waals surface area (Å²) < 4.78 is 5.23. The molecule has 0 aromatic heterocycles. The number of benzene rings is 2. The van der Waals surface area contributed by atoms with Gasteiger partial charge in [0.05, 0.1) is 18.7 Å². The number of hydrogen-bond donors (Lipinski definition) is 2. The Morgan fingerprint density at radius 3 is 2.36 bits per heavy atom. The number of ether oxygens (including phenoxy) is 1. The maximum atomic E-state index is 12.7. The van der Waals surface area contributed by atoms with Gasteiger partial charge in [-0.3, -0.25) is 4.79 Å². The highest BCUT2D eigenvalue weighted by Gasteiger charge is 2.44. The van der Waals surface area contributed by atoms with E-state index >= 15 is 0 Å². The van der Waals surface area contributed by atoms with Crippen LogP contribution in [0.5, 0.6) is 5.75 Å². The summed E-state index contributed by atoms with van der Waals surface area (Å²) in [6.07, 6.45) is 2.74. The zero-order valence-electron chi connectivity index (χ0n) is 21.5. The fourth-order valence-electron chi connectivity index (χ4n) is 5.01. The van der Waals surface area contributed by atoms with Crippen LogP contribution >= 0.6 is 12.4 Å². The Morgan fingerprint density at radius 1 is 1.08 bits per heavy atom. The molecule has 2 aromatic carbocycles. The number of nitrogens with one attached hydrogen (secondary N) is 2. The fraction of sp³-hybridized carbons (Fsp3) is 0.500. The van der Waals surface area contributed by atoms with E-state index in [1.807, 2.05) is 61.2 Å². The zero-order valence-corrected chi connectivity index (χ0v) is 22.4. The lowest BCUT2D eigenvalue weighted by Crippen LogP contribution is -2.52. The molecule has 2 aromatic rings. The SMILES string of the molecule is COc1ccc(CN2CC3(CCN(CC[C@H](NC(=O)C(C)C)c4ccccc4)CC3)NC2=O)cc1.Cl. The summed E-state index contributed by atoms with van der Waals surface area (Å²) in [5.74, 6) is 0.867. The van der Waals surface area contributed by atoms with Crippen molar-refractivity contribution in [1.82, 2.24) is 20.4 Å². The first-order valence-corrected chi connectivity index (χ1v) is 12.7. The van der Waals surface area contributed by atoms with Crippen LogP contribution in [-0.2, 0) is 11.3 Å². The number of amides is 3. The molecule has 2 aliphatic rings. The van der Waals surface area contributed by atoms with Gasteiger partial charge in [0.15, 0.2) is 0 Å². The van der Waals surface area contributed by atoms with Crippen molar-refractivity contribution in [2.24, 2.45) is 5.92 Å². The molecule has 8 heteroatoms.